The number of hydrogen-bond donors (Lipinski definition) is 3. The van der Waals surface area contributed by atoms with Crippen LogP contribution in [0.1, 0.15) is 62.4 Å². The second-order valence-corrected chi connectivity index (χ2v) is 12.0. The zero-order valence-corrected chi connectivity index (χ0v) is 22.5. The van der Waals surface area contributed by atoms with Gasteiger partial charge in [0.1, 0.15) is 0 Å². The van der Waals surface area contributed by atoms with Crippen LogP contribution in [0.4, 0.5) is 16.2 Å². The van der Waals surface area contributed by atoms with Gasteiger partial charge in [0.2, 0.25) is 15.7 Å². The number of carbonyl (C=O) groups is 3. The number of carbonyl (C=O) groups excluding carboxylic acids is 3. The van der Waals surface area contributed by atoms with E-state index >= 15 is 0 Å². The van der Waals surface area contributed by atoms with Gasteiger partial charge in [0.15, 0.2) is 0 Å². The molecular formula is C27H33N5O5S. The molecule has 202 valence electrons. The Morgan fingerprint density at radius 3 is 2.50 bits per heavy atom. The molecule has 0 radical (unpaired) electrons. The van der Waals surface area contributed by atoms with Crippen molar-refractivity contribution in [1.29, 1.82) is 0 Å². The van der Waals surface area contributed by atoms with Crippen LogP contribution < -0.4 is 20.3 Å². The van der Waals surface area contributed by atoms with Crippen molar-refractivity contribution in [3.05, 3.63) is 59.7 Å². The van der Waals surface area contributed by atoms with Gasteiger partial charge in [-0.2, -0.15) is 0 Å². The molecule has 3 N–H and O–H groups in total. The van der Waals surface area contributed by atoms with Crippen molar-refractivity contribution in [3.8, 4) is 0 Å². The number of amides is 4. The first-order chi connectivity index (χ1) is 18.1. The van der Waals surface area contributed by atoms with Crippen molar-refractivity contribution in [2.45, 2.75) is 57.4 Å². The quantitative estimate of drug-likeness (QED) is 0.493. The minimum Gasteiger partial charge on any atom is -0.308 e. The molecule has 1 unspecified atom stereocenters. The lowest BCUT2D eigenvalue weighted by Gasteiger charge is -2.37. The Morgan fingerprint density at radius 2 is 1.82 bits per heavy atom. The Kier molecular flexibility index (Phi) is 7.86. The summed E-state index contributed by atoms with van der Waals surface area (Å²) in [5, 5.41) is 4.79. The van der Waals surface area contributed by atoms with Gasteiger partial charge < -0.3 is 15.5 Å². The summed E-state index contributed by atoms with van der Waals surface area (Å²) in [7, 11) is -3.82. The molecule has 4 rings (SSSR count). The van der Waals surface area contributed by atoms with Crippen LogP contribution in [0.15, 0.2) is 53.5 Å². The fourth-order valence-corrected chi connectivity index (χ4v) is 5.50. The number of sulfonamides is 1. The molecule has 1 aliphatic carbocycles. The Hall–Kier alpha value is -3.73. The number of aliphatic imine (C=N–C) groups is 1. The molecule has 4 amide bonds. The molecular weight excluding hydrogens is 506 g/mol. The number of anilines is 2. The van der Waals surface area contributed by atoms with E-state index in [1.54, 1.807) is 17.2 Å². The lowest BCUT2D eigenvalue weighted by Crippen LogP contribution is -2.62. The highest BCUT2D eigenvalue weighted by Crippen LogP contribution is 2.39. The van der Waals surface area contributed by atoms with E-state index in [1.807, 2.05) is 35.9 Å². The first kappa shape index (κ1) is 27.3. The lowest BCUT2D eigenvalue weighted by molar-refractivity contribution is -0.126. The summed E-state index contributed by atoms with van der Waals surface area (Å²) in [4.78, 5) is 46.2. The molecule has 0 saturated heterocycles. The molecule has 10 nitrogen and oxygen atoms in total. The first-order valence-corrected chi connectivity index (χ1v) is 14.3. The number of urea groups is 1. The number of benzene rings is 2. The number of benzodiazepines with no additional fused rings is 1. The number of rotatable bonds is 7. The van der Waals surface area contributed by atoms with Crippen LogP contribution >= 0.6 is 0 Å². The summed E-state index contributed by atoms with van der Waals surface area (Å²) >= 11 is 0. The monoisotopic (exact) mass is 539 g/mol. The van der Waals surface area contributed by atoms with E-state index in [1.165, 1.54) is 32.0 Å². The second-order valence-electron chi connectivity index (χ2n) is 9.80. The van der Waals surface area contributed by atoms with E-state index in [0.29, 0.717) is 6.54 Å². The summed E-state index contributed by atoms with van der Waals surface area (Å²) in [6.45, 7) is 5.23. The van der Waals surface area contributed by atoms with Crippen LogP contribution in [-0.4, -0.2) is 49.9 Å². The predicted molar refractivity (Wildman–Crippen MR) is 147 cm³/mol. The molecule has 1 aliphatic heterocycles. The smallest absolute Gasteiger partial charge is 0.308 e. The molecule has 1 fully saturated rings. The van der Waals surface area contributed by atoms with Gasteiger partial charge in [-0.1, -0.05) is 37.1 Å². The SMILES string of the molecule is CCN1C(=O)C(NC(=O)Nc2cccc(C(=O)NS(=O)(=O)C(C)C)c2)(C2CCCC2)N=Cc2ccccc21. The number of hydrogen-bond acceptors (Lipinski definition) is 6. The summed E-state index contributed by atoms with van der Waals surface area (Å²) in [5.74, 6) is -1.28. The molecule has 2 aromatic carbocycles. The zero-order chi connectivity index (χ0) is 27.5. The highest BCUT2D eigenvalue weighted by molar-refractivity contribution is 7.90. The fourth-order valence-electron chi connectivity index (χ4n) is 4.89. The average Bonchev–Trinajstić information content (AvgIpc) is 3.39. The molecule has 11 heteroatoms. The van der Waals surface area contributed by atoms with Crippen molar-refractivity contribution in [3.63, 3.8) is 0 Å². The molecule has 2 aromatic rings. The summed E-state index contributed by atoms with van der Waals surface area (Å²) in [6.07, 6.45) is 5.03. The lowest BCUT2D eigenvalue weighted by atomic mass is 9.89. The van der Waals surface area contributed by atoms with Gasteiger partial charge in [0, 0.05) is 35.5 Å². The summed E-state index contributed by atoms with van der Waals surface area (Å²) in [6, 6.07) is 12.8. The van der Waals surface area contributed by atoms with Gasteiger partial charge in [-0.05, 0) is 57.9 Å². The summed E-state index contributed by atoms with van der Waals surface area (Å²) < 4.78 is 26.2. The fraction of sp³-hybridized carbons (Fsp3) is 0.407. The zero-order valence-electron chi connectivity index (χ0n) is 21.7. The average molecular weight is 540 g/mol. The van der Waals surface area contributed by atoms with E-state index < -0.39 is 32.9 Å². The number of likely N-dealkylation sites (N-methyl/N-ethyl adjacent to an activating group) is 1. The summed E-state index contributed by atoms with van der Waals surface area (Å²) in [5.41, 5.74) is 0.365. The van der Waals surface area contributed by atoms with E-state index in [4.69, 9.17) is 4.99 Å². The van der Waals surface area contributed by atoms with Crippen LogP contribution in [0.3, 0.4) is 0 Å². The predicted octanol–water partition coefficient (Wildman–Crippen LogP) is 3.65. The third-order valence-electron chi connectivity index (χ3n) is 7.01. The Labute approximate surface area is 223 Å². The van der Waals surface area contributed by atoms with Crippen molar-refractivity contribution in [1.82, 2.24) is 10.0 Å². The van der Waals surface area contributed by atoms with Crippen molar-refractivity contribution in [2.24, 2.45) is 10.9 Å². The molecule has 0 spiro atoms. The van der Waals surface area contributed by atoms with E-state index in [2.05, 4.69) is 10.6 Å². The highest BCUT2D eigenvalue weighted by Gasteiger charge is 2.50. The van der Waals surface area contributed by atoms with Gasteiger partial charge in [0.05, 0.1) is 10.9 Å². The van der Waals surface area contributed by atoms with Crippen molar-refractivity contribution in [2.75, 3.05) is 16.8 Å². The Balaban J connectivity index is 1.60. The standard InChI is InChI=1S/C27H33N5O5S/c1-4-32-23-15-8-5-10-20(23)17-28-27(25(32)34,21-12-6-7-13-21)30-26(35)29-22-14-9-11-19(16-22)24(33)31-38(36,37)18(2)3/h5,8-11,14-18,21H,4,6-7,12-13H2,1-3H3,(H,31,33)(H2,29,30,35). The largest absolute Gasteiger partial charge is 0.321 e. The number of para-hydroxylation sites is 1. The maximum absolute atomic E-state index is 14.0. The first-order valence-electron chi connectivity index (χ1n) is 12.8. The van der Waals surface area contributed by atoms with E-state index in [9.17, 15) is 22.8 Å². The maximum atomic E-state index is 14.0. The molecule has 1 saturated carbocycles. The molecule has 1 heterocycles. The van der Waals surface area contributed by atoms with Crippen molar-refractivity contribution >= 4 is 45.5 Å². The normalized spacial score (nSPS) is 19.7. The molecule has 1 atom stereocenters. The van der Waals surface area contributed by atoms with Crippen LogP contribution in [0.5, 0.6) is 0 Å². The third kappa shape index (κ3) is 5.42. The van der Waals surface area contributed by atoms with E-state index in [-0.39, 0.29) is 23.1 Å². The van der Waals surface area contributed by atoms with Gasteiger partial charge in [-0.15, -0.1) is 0 Å². The molecule has 0 aromatic heterocycles. The molecule has 0 bridgehead atoms. The van der Waals surface area contributed by atoms with Crippen molar-refractivity contribution < 1.29 is 22.8 Å². The highest BCUT2D eigenvalue weighted by atomic mass is 32.2. The van der Waals surface area contributed by atoms with E-state index in [0.717, 1.165) is 36.9 Å². The number of fused-ring (bicyclic) bond motifs is 1. The third-order valence-corrected chi connectivity index (χ3v) is 8.72. The molecule has 38 heavy (non-hydrogen) atoms. The topological polar surface area (TPSA) is 137 Å². The second kappa shape index (κ2) is 10.9. The Bertz CT molecular complexity index is 1370. The van der Waals surface area contributed by atoms with Gasteiger partial charge in [-0.3, -0.25) is 14.6 Å². The maximum Gasteiger partial charge on any atom is 0.321 e. The minimum atomic E-state index is -3.82. The van der Waals surface area contributed by atoms with Crippen LogP contribution in [0, 0.1) is 5.92 Å². The van der Waals surface area contributed by atoms with Crippen LogP contribution in [0.25, 0.3) is 0 Å². The Morgan fingerprint density at radius 1 is 1.11 bits per heavy atom. The van der Waals surface area contributed by atoms with Crippen LogP contribution in [-0.2, 0) is 14.8 Å². The van der Waals surface area contributed by atoms with Gasteiger partial charge in [-0.25, -0.2) is 17.9 Å². The van der Waals surface area contributed by atoms with Gasteiger partial charge in [0.25, 0.3) is 11.8 Å². The molecule has 2 aliphatic rings. The minimum absolute atomic E-state index is 0.0636. The number of nitrogens with zero attached hydrogens (tertiary/aromatic N) is 2. The van der Waals surface area contributed by atoms with Gasteiger partial charge >= 0.3 is 6.03 Å². The number of nitrogens with one attached hydrogen (secondary N) is 3. The van der Waals surface area contributed by atoms with Crippen LogP contribution in [0.2, 0.25) is 0 Å².